The molecule has 1 amide bonds. The average molecular weight is 352 g/mol. The number of hydrogen-bond acceptors (Lipinski definition) is 3. The van der Waals surface area contributed by atoms with E-state index in [4.69, 9.17) is 4.74 Å². The van der Waals surface area contributed by atoms with Gasteiger partial charge in [-0.3, -0.25) is 0 Å². The number of piperidine rings is 1. The number of hydrogen-bond donors (Lipinski definition) is 1. The summed E-state index contributed by atoms with van der Waals surface area (Å²) in [6, 6.07) is 9.81. The highest BCUT2D eigenvalue weighted by Crippen LogP contribution is 2.78. The lowest BCUT2D eigenvalue weighted by Crippen LogP contribution is -2.41. The van der Waals surface area contributed by atoms with Crippen molar-refractivity contribution >= 4 is 16.1 Å². The van der Waals surface area contributed by atoms with Crippen molar-refractivity contribution in [3.05, 3.63) is 35.9 Å². The van der Waals surface area contributed by atoms with Gasteiger partial charge in [0.05, 0.1) is 0 Å². The standard InChI is InChI=1S/C19H29NO3S/c1-19(10-13-21)15-24(19,2)17-8-11-20(12-9-17)18(22)23-14-16-6-4-3-5-7-16/h3-7,17,21H,8-15H2,1-2H3. The van der Waals surface area contributed by atoms with Gasteiger partial charge in [0.15, 0.2) is 0 Å². The Balaban J connectivity index is 1.46. The van der Waals surface area contributed by atoms with Gasteiger partial charge < -0.3 is 14.7 Å². The van der Waals surface area contributed by atoms with Crippen molar-refractivity contribution in [3.8, 4) is 0 Å². The first-order valence-electron chi connectivity index (χ1n) is 8.79. The summed E-state index contributed by atoms with van der Waals surface area (Å²) in [6.45, 7) is 4.58. The number of ether oxygens (including phenoxy) is 1. The summed E-state index contributed by atoms with van der Waals surface area (Å²) < 4.78 is 5.81. The third-order valence-corrected chi connectivity index (χ3v) is 11.4. The highest BCUT2D eigenvalue weighted by atomic mass is 32.3. The maximum atomic E-state index is 12.3. The number of aliphatic hydroxyl groups excluding tert-OH is 1. The van der Waals surface area contributed by atoms with E-state index in [0.717, 1.165) is 43.2 Å². The van der Waals surface area contributed by atoms with Crippen LogP contribution in [0.15, 0.2) is 30.3 Å². The van der Waals surface area contributed by atoms with E-state index in [0.29, 0.717) is 18.0 Å². The monoisotopic (exact) mass is 351 g/mol. The number of rotatable bonds is 5. The number of carbonyl (C=O) groups is 1. The molecule has 0 aliphatic carbocycles. The van der Waals surface area contributed by atoms with Crippen molar-refractivity contribution in [1.82, 2.24) is 4.90 Å². The number of likely N-dealkylation sites (tertiary alicyclic amines) is 1. The van der Waals surface area contributed by atoms with Gasteiger partial charge in [0.25, 0.3) is 0 Å². The minimum Gasteiger partial charge on any atom is -0.445 e. The molecule has 2 fully saturated rings. The van der Waals surface area contributed by atoms with Gasteiger partial charge in [-0.2, -0.15) is 0 Å². The molecule has 0 bridgehead atoms. The summed E-state index contributed by atoms with van der Waals surface area (Å²) in [6.07, 6.45) is 5.33. The first-order chi connectivity index (χ1) is 11.5. The molecule has 2 heterocycles. The van der Waals surface area contributed by atoms with Gasteiger partial charge in [-0.15, -0.1) is 0 Å². The van der Waals surface area contributed by atoms with Gasteiger partial charge in [0.1, 0.15) is 6.61 Å². The Morgan fingerprint density at radius 1 is 1.33 bits per heavy atom. The zero-order chi connectivity index (χ0) is 17.2. The zero-order valence-electron chi connectivity index (χ0n) is 14.7. The van der Waals surface area contributed by atoms with E-state index in [1.807, 2.05) is 35.2 Å². The lowest BCUT2D eigenvalue weighted by Gasteiger charge is -2.39. The van der Waals surface area contributed by atoms with Crippen LogP contribution in [0.5, 0.6) is 0 Å². The summed E-state index contributed by atoms with van der Waals surface area (Å²) in [4.78, 5) is 14.1. The van der Waals surface area contributed by atoms with Gasteiger partial charge in [-0.25, -0.2) is 14.8 Å². The van der Waals surface area contributed by atoms with Crippen molar-refractivity contribution in [1.29, 1.82) is 0 Å². The van der Waals surface area contributed by atoms with E-state index >= 15 is 0 Å². The largest absolute Gasteiger partial charge is 0.445 e. The summed E-state index contributed by atoms with van der Waals surface area (Å²) >= 11 is 0. The first-order valence-corrected chi connectivity index (χ1v) is 11.1. The van der Waals surface area contributed by atoms with Crippen LogP contribution in [0, 0.1) is 0 Å². The molecule has 24 heavy (non-hydrogen) atoms. The quantitative estimate of drug-likeness (QED) is 0.828. The number of aliphatic hydroxyl groups is 1. The second-order valence-electron chi connectivity index (χ2n) is 7.45. The van der Waals surface area contributed by atoms with Gasteiger partial charge in [-0.05, 0) is 42.1 Å². The Hall–Kier alpha value is -1.20. The van der Waals surface area contributed by atoms with E-state index in [1.165, 1.54) is 5.75 Å². The zero-order valence-corrected chi connectivity index (χ0v) is 15.6. The minimum atomic E-state index is -0.622. The van der Waals surface area contributed by atoms with Crippen molar-refractivity contribution in [2.75, 3.05) is 31.7 Å². The fourth-order valence-corrected chi connectivity index (χ4v) is 8.80. The molecule has 2 aliphatic rings. The number of nitrogens with zero attached hydrogens (tertiary/aromatic N) is 1. The molecule has 0 radical (unpaired) electrons. The molecule has 0 aromatic heterocycles. The molecule has 2 unspecified atom stereocenters. The summed E-state index contributed by atoms with van der Waals surface area (Å²) in [5.41, 5.74) is 1.02. The molecular weight excluding hydrogens is 322 g/mol. The molecule has 3 rings (SSSR count). The second-order valence-corrected chi connectivity index (χ2v) is 11.7. The maximum absolute atomic E-state index is 12.3. The van der Waals surface area contributed by atoms with Gasteiger partial charge in [0, 0.05) is 24.4 Å². The molecular formula is C19H29NO3S. The van der Waals surface area contributed by atoms with E-state index in [2.05, 4.69) is 13.2 Å². The van der Waals surface area contributed by atoms with Crippen LogP contribution >= 0.6 is 10.0 Å². The molecule has 0 spiro atoms. The Kier molecular flexibility index (Phi) is 5.11. The fraction of sp³-hybridized carbons (Fsp3) is 0.632. The summed E-state index contributed by atoms with van der Waals surface area (Å²) in [5, 5.41) is 10.0. The molecule has 1 aromatic carbocycles. The van der Waals surface area contributed by atoms with E-state index in [-0.39, 0.29) is 6.09 Å². The molecule has 1 N–H and O–H groups in total. The molecule has 1 aromatic rings. The van der Waals surface area contributed by atoms with E-state index < -0.39 is 10.0 Å². The Morgan fingerprint density at radius 3 is 2.62 bits per heavy atom. The molecule has 2 atom stereocenters. The average Bonchev–Trinajstić information content (AvgIpc) is 3.16. The summed E-state index contributed by atoms with van der Waals surface area (Å²) in [5.74, 6) is 1.28. The summed E-state index contributed by atoms with van der Waals surface area (Å²) in [7, 11) is -0.622. The first kappa shape index (κ1) is 17.6. The third kappa shape index (κ3) is 3.42. The topological polar surface area (TPSA) is 49.8 Å². The molecule has 134 valence electrons. The van der Waals surface area contributed by atoms with Crippen molar-refractivity contribution in [2.24, 2.45) is 0 Å². The van der Waals surface area contributed by atoms with Crippen LogP contribution in [0.1, 0.15) is 31.7 Å². The highest BCUT2D eigenvalue weighted by Gasteiger charge is 2.59. The maximum Gasteiger partial charge on any atom is 0.410 e. The van der Waals surface area contributed by atoms with Crippen LogP contribution in [0.3, 0.4) is 0 Å². The van der Waals surface area contributed by atoms with Crippen LogP contribution < -0.4 is 0 Å². The van der Waals surface area contributed by atoms with Crippen LogP contribution in [0.4, 0.5) is 4.79 Å². The number of benzene rings is 1. The normalized spacial score (nSPS) is 32.9. The van der Waals surface area contributed by atoms with Crippen LogP contribution in [0.25, 0.3) is 0 Å². The second kappa shape index (κ2) is 6.96. The predicted octanol–water partition coefficient (Wildman–Crippen LogP) is 3.38. The number of carbonyl (C=O) groups excluding carboxylic acids is 1. The number of amides is 1. The predicted molar refractivity (Wildman–Crippen MR) is 99.7 cm³/mol. The minimum absolute atomic E-state index is 0.189. The SMILES string of the molecule is CC1(CCO)CS1(C)C1CCN(C(=O)OCc2ccccc2)CC1. The fourth-order valence-electron chi connectivity index (χ4n) is 4.04. The Labute approximate surface area is 146 Å². The lowest BCUT2D eigenvalue weighted by atomic mass is 10.1. The van der Waals surface area contributed by atoms with Crippen molar-refractivity contribution < 1.29 is 14.6 Å². The Morgan fingerprint density at radius 2 is 2.00 bits per heavy atom. The van der Waals surface area contributed by atoms with E-state index in [9.17, 15) is 9.90 Å². The molecule has 4 nitrogen and oxygen atoms in total. The highest BCUT2D eigenvalue weighted by molar-refractivity contribution is 8.40. The van der Waals surface area contributed by atoms with Crippen molar-refractivity contribution in [3.63, 3.8) is 0 Å². The van der Waals surface area contributed by atoms with Crippen LogP contribution in [-0.4, -0.2) is 57.8 Å². The Bertz CT molecular complexity index is 573. The van der Waals surface area contributed by atoms with Gasteiger partial charge in [0.2, 0.25) is 0 Å². The smallest absolute Gasteiger partial charge is 0.410 e. The molecule has 0 saturated carbocycles. The van der Waals surface area contributed by atoms with E-state index in [1.54, 1.807) is 0 Å². The molecule has 2 saturated heterocycles. The third-order valence-electron chi connectivity index (χ3n) is 5.92. The van der Waals surface area contributed by atoms with Crippen molar-refractivity contribution in [2.45, 2.75) is 42.8 Å². The van der Waals surface area contributed by atoms with Crippen LogP contribution in [0.2, 0.25) is 0 Å². The van der Waals surface area contributed by atoms with Gasteiger partial charge in [-0.1, -0.05) is 37.3 Å². The lowest BCUT2D eigenvalue weighted by molar-refractivity contribution is 0.0900. The van der Waals surface area contributed by atoms with Crippen LogP contribution in [-0.2, 0) is 11.3 Å². The molecule has 2 aliphatic heterocycles. The van der Waals surface area contributed by atoms with Gasteiger partial charge >= 0.3 is 6.09 Å². The molecule has 5 heteroatoms.